The van der Waals surface area contributed by atoms with Crippen LogP contribution in [0, 0.1) is 5.41 Å². The van der Waals surface area contributed by atoms with Crippen LogP contribution in [0.25, 0.3) is 0 Å². The minimum atomic E-state index is -0.103. The molecule has 5 heteroatoms. The minimum absolute atomic E-state index is 0.0298. The lowest BCUT2D eigenvalue weighted by Crippen LogP contribution is -2.50. The molecule has 164 valence electrons. The molecular weight excluding hydrogens is 388 g/mol. The molecule has 0 saturated carbocycles. The number of piperidine rings is 1. The van der Waals surface area contributed by atoms with Crippen LogP contribution in [0.3, 0.4) is 0 Å². The quantitative estimate of drug-likeness (QED) is 0.574. The number of nitrogens with zero attached hydrogens (tertiary/aromatic N) is 2. The van der Waals surface area contributed by atoms with Gasteiger partial charge in [-0.1, -0.05) is 24.3 Å². The third kappa shape index (κ3) is 2.95. The monoisotopic (exact) mass is 420 g/mol. The summed E-state index contributed by atoms with van der Waals surface area (Å²) < 4.78 is 6.51. The number of hydrogen-bond acceptors (Lipinski definition) is 3. The Labute approximate surface area is 184 Å². The van der Waals surface area contributed by atoms with Crippen LogP contribution in [-0.4, -0.2) is 40.7 Å². The Morgan fingerprint density at radius 3 is 2.77 bits per heavy atom. The normalized spacial score (nSPS) is 36.1. The first-order chi connectivity index (χ1) is 15.2. The summed E-state index contributed by atoms with van der Waals surface area (Å²) in [6.07, 6.45) is 18.1. The zero-order valence-corrected chi connectivity index (χ0v) is 18.2. The molecule has 7 aliphatic rings. The van der Waals surface area contributed by atoms with Gasteiger partial charge >= 0.3 is 0 Å². The largest absolute Gasteiger partial charge is 0.464 e. The molecule has 2 fully saturated rings. The van der Waals surface area contributed by atoms with E-state index in [1.54, 1.807) is 0 Å². The molecule has 4 atom stereocenters. The molecule has 5 nitrogen and oxygen atoms in total. The molecule has 0 N–H and O–H groups in total. The van der Waals surface area contributed by atoms with E-state index >= 15 is 0 Å². The van der Waals surface area contributed by atoms with Crippen molar-refractivity contribution in [2.75, 3.05) is 13.1 Å². The molecule has 8 rings (SSSR count). The second-order valence-electron chi connectivity index (χ2n) is 10.1. The first-order valence-corrected chi connectivity index (χ1v) is 12.2. The molecule has 1 aromatic rings. The molecule has 6 bridgehead atoms. The number of carbonyl (C=O) groups is 2. The number of fused-ring (bicyclic) bond motifs is 2. The highest BCUT2D eigenvalue weighted by Gasteiger charge is 2.66. The minimum Gasteiger partial charge on any atom is -0.464 e. The molecule has 1 spiro atoms. The fourth-order valence-electron chi connectivity index (χ4n) is 6.98. The van der Waals surface area contributed by atoms with Gasteiger partial charge in [0.05, 0.1) is 12.1 Å². The Bertz CT molecular complexity index is 960. The highest BCUT2D eigenvalue weighted by Crippen LogP contribution is 2.67. The zero-order valence-electron chi connectivity index (χ0n) is 18.2. The van der Waals surface area contributed by atoms with Crippen LogP contribution in [0.4, 0.5) is 0 Å². The molecule has 1 aliphatic carbocycles. The molecular formula is C26H32N2O3. The summed E-state index contributed by atoms with van der Waals surface area (Å²) in [6.45, 7) is 1.58. The highest BCUT2D eigenvalue weighted by atomic mass is 16.3. The predicted molar refractivity (Wildman–Crippen MR) is 117 cm³/mol. The molecule has 0 aromatic carbocycles. The van der Waals surface area contributed by atoms with Crippen molar-refractivity contribution in [3.63, 3.8) is 0 Å². The number of rotatable bonds is 0. The maximum absolute atomic E-state index is 13.3. The van der Waals surface area contributed by atoms with Crippen molar-refractivity contribution in [2.45, 2.75) is 82.2 Å². The van der Waals surface area contributed by atoms with Crippen LogP contribution in [-0.2, 0) is 16.0 Å². The van der Waals surface area contributed by atoms with Gasteiger partial charge in [0.1, 0.15) is 11.5 Å². The van der Waals surface area contributed by atoms with Gasteiger partial charge in [0.2, 0.25) is 11.8 Å². The standard InChI is InChI=1S/C26H32N2O3/c29-22-12-8-5-6-10-18-16-26-17-27-13-9-4-2-1-3-7-11-19-14-20(21(26)15-23(27)30)24(31-19)25(26)28(18)22/h1,3,6,10,14,18,21,25H,2,4-5,7-9,11-13,15-17H2/b3-1?,10-6-/t18-,21?,25?,26?/m0/s1. The number of furan rings is 1. The Balaban J connectivity index is 1.48. The molecule has 0 radical (unpaired) electrons. The van der Waals surface area contributed by atoms with E-state index in [9.17, 15) is 9.59 Å². The Hall–Kier alpha value is -2.30. The first kappa shape index (κ1) is 19.4. The van der Waals surface area contributed by atoms with E-state index in [4.69, 9.17) is 4.42 Å². The van der Waals surface area contributed by atoms with E-state index in [-0.39, 0.29) is 35.2 Å². The van der Waals surface area contributed by atoms with Gasteiger partial charge in [0.25, 0.3) is 0 Å². The average molecular weight is 421 g/mol. The Kier molecular flexibility index (Phi) is 4.62. The smallest absolute Gasteiger partial charge is 0.223 e. The first-order valence-electron chi connectivity index (χ1n) is 12.2. The topological polar surface area (TPSA) is 53.8 Å². The van der Waals surface area contributed by atoms with Gasteiger partial charge in [-0.25, -0.2) is 0 Å². The van der Waals surface area contributed by atoms with Crippen molar-refractivity contribution in [1.82, 2.24) is 9.80 Å². The predicted octanol–water partition coefficient (Wildman–Crippen LogP) is 4.65. The Morgan fingerprint density at radius 1 is 0.968 bits per heavy atom. The van der Waals surface area contributed by atoms with Crippen molar-refractivity contribution in [2.24, 2.45) is 5.41 Å². The number of aryl methyl sites for hydroxylation is 1. The van der Waals surface area contributed by atoms with Gasteiger partial charge in [0, 0.05) is 49.2 Å². The van der Waals surface area contributed by atoms with Crippen LogP contribution in [0.5, 0.6) is 0 Å². The van der Waals surface area contributed by atoms with E-state index < -0.39 is 0 Å². The molecule has 1 aromatic heterocycles. The second kappa shape index (κ2) is 7.39. The van der Waals surface area contributed by atoms with Crippen molar-refractivity contribution in [3.05, 3.63) is 47.5 Å². The second-order valence-corrected chi connectivity index (χ2v) is 10.1. The van der Waals surface area contributed by atoms with Gasteiger partial charge in [-0.3, -0.25) is 9.59 Å². The molecule has 31 heavy (non-hydrogen) atoms. The zero-order chi connectivity index (χ0) is 21.0. The summed E-state index contributed by atoms with van der Waals surface area (Å²) in [7, 11) is 0. The lowest BCUT2D eigenvalue weighted by atomic mass is 9.68. The lowest BCUT2D eigenvalue weighted by Gasteiger charge is -2.45. The summed E-state index contributed by atoms with van der Waals surface area (Å²) in [4.78, 5) is 30.7. The summed E-state index contributed by atoms with van der Waals surface area (Å²) in [5.41, 5.74) is 1.11. The van der Waals surface area contributed by atoms with Crippen LogP contribution >= 0.6 is 0 Å². The lowest BCUT2D eigenvalue weighted by molar-refractivity contribution is -0.141. The van der Waals surface area contributed by atoms with E-state index in [1.165, 1.54) is 5.56 Å². The van der Waals surface area contributed by atoms with Crippen LogP contribution in [0.1, 0.15) is 86.8 Å². The van der Waals surface area contributed by atoms with Crippen LogP contribution < -0.4 is 0 Å². The van der Waals surface area contributed by atoms with Gasteiger partial charge in [-0.15, -0.1) is 0 Å². The van der Waals surface area contributed by atoms with Crippen molar-refractivity contribution in [3.8, 4) is 0 Å². The van der Waals surface area contributed by atoms with Gasteiger partial charge < -0.3 is 14.2 Å². The van der Waals surface area contributed by atoms with E-state index in [0.29, 0.717) is 12.8 Å². The fraction of sp³-hybridized carbons (Fsp3) is 0.615. The maximum atomic E-state index is 13.3. The SMILES string of the molecule is O=C1CC2c3cc4oc3C3N5C(=O)CCC/C=C\[C@H]5CC23CN1CCCCC=CCC4. The van der Waals surface area contributed by atoms with E-state index in [0.717, 1.165) is 76.0 Å². The number of amides is 2. The molecule has 2 amide bonds. The van der Waals surface area contributed by atoms with Gasteiger partial charge in [-0.05, 0) is 51.0 Å². The van der Waals surface area contributed by atoms with Crippen molar-refractivity contribution < 1.29 is 14.0 Å². The summed E-state index contributed by atoms with van der Waals surface area (Å²) >= 11 is 0. The number of carbonyl (C=O) groups excluding carboxylic acids is 2. The summed E-state index contributed by atoms with van der Waals surface area (Å²) in [5, 5.41) is 0. The fourth-order valence-corrected chi connectivity index (χ4v) is 6.98. The summed E-state index contributed by atoms with van der Waals surface area (Å²) in [6, 6.07) is 2.31. The maximum Gasteiger partial charge on any atom is 0.223 e. The molecule has 7 heterocycles. The summed E-state index contributed by atoms with van der Waals surface area (Å²) in [5.74, 6) is 2.69. The van der Waals surface area contributed by atoms with Crippen molar-refractivity contribution >= 4 is 11.8 Å². The third-order valence-electron chi connectivity index (χ3n) is 8.33. The number of hydrogen-bond donors (Lipinski definition) is 0. The van der Waals surface area contributed by atoms with E-state index in [1.807, 2.05) is 0 Å². The van der Waals surface area contributed by atoms with Gasteiger partial charge in [0.15, 0.2) is 0 Å². The average Bonchev–Trinajstić information content (AvgIpc) is 3.34. The van der Waals surface area contributed by atoms with Gasteiger partial charge in [-0.2, -0.15) is 0 Å². The highest BCUT2D eigenvalue weighted by molar-refractivity contribution is 5.81. The van der Waals surface area contributed by atoms with E-state index in [2.05, 4.69) is 40.2 Å². The van der Waals surface area contributed by atoms with Crippen molar-refractivity contribution in [1.29, 1.82) is 0 Å². The Morgan fingerprint density at radius 2 is 1.84 bits per heavy atom. The number of allylic oxidation sites excluding steroid dienone is 3. The third-order valence-corrected chi connectivity index (χ3v) is 8.33. The van der Waals surface area contributed by atoms with Crippen LogP contribution in [0.2, 0.25) is 0 Å². The molecule has 3 unspecified atom stereocenters. The molecule has 2 saturated heterocycles. The van der Waals surface area contributed by atoms with Crippen LogP contribution in [0.15, 0.2) is 34.8 Å². The molecule has 6 aliphatic heterocycles.